The predicted octanol–water partition coefficient (Wildman–Crippen LogP) is 3.37. The van der Waals surface area contributed by atoms with Crippen molar-refractivity contribution in [2.45, 2.75) is 13.3 Å². The molecular weight excluding hydrogens is 186 g/mol. The number of nitrogens with one attached hydrogen (secondary N) is 1. The monoisotopic (exact) mass is 201 g/mol. The molecule has 2 rings (SSSR count). The number of fused-ring (bicyclic) bond motifs is 1. The van der Waals surface area contributed by atoms with Gasteiger partial charge in [0.25, 0.3) is 0 Å². The maximum atomic E-state index is 9.45. The van der Waals surface area contributed by atoms with E-state index in [-0.39, 0.29) is 0 Å². The molecule has 2 nitrogen and oxygen atoms in total. The second-order valence-electron chi connectivity index (χ2n) is 3.64. The molecule has 0 heterocycles. The predicted molar refractivity (Wildman–Crippen MR) is 64.4 cm³/mol. The molecule has 2 aromatic carbocycles. The molecule has 2 aromatic rings. The van der Waals surface area contributed by atoms with Gasteiger partial charge in [-0.05, 0) is 30.0 Å². The van der Waals surface area contributed by atoms with E-state index in [2.05, 4.69) is 12.2 Å². The Morgan fingerprint density at radius 3 is 2.87 bits per heavy atom. The highest BCUT2D eigenvalue weighted by Crippen LogP contribution is 2.26. The first-order valence-electron chi connectivity index (χ1n) is 5.27. The molecule has 0 amide bonds. The molecule has 15 heavy (non-hydrogen) atoms. The third kappa shape index (κ3) is 2.04. The van der Waals surface area contributed by atoms with Gasteiger partial charge in [0.1, 0.15) is 5.75 Å². The molecule has 0 spiro atoms. The number of rotatable bonds is 3. The van der Waals surface area contributed by atoms with Crippen LogP contribution in [0.2, 0.25) is 0 Å². The average Bonchev–Trinajstić information content (AvgIpc) is 2.26. The van der Waals surface area contributed by atoms with Crippen molar-refractivity contribution in [3.63, 3.8) is 0 Å². The Labute approximate surface area is 89.6 Å². The van der Waals surface area contributed by atoms with Gasteiger partial charge in [-0.15, -0.1) is 0 Å². The fourth-order valence-corrected chi connectivity index (χ4v) is 1.67. The van der Waals surface area contributed by atoms with Crippen LogP contribution in [0.3, 0.4) is 0 Å². The summed E-state index contributed by atoms with van der Waals surface area (Å²) in [7, 11) is 0. The van der Waals surface area contributed by atoms with Crippen LogP contribution in [0.1, 0.15) is 13.3 Å². The second kappa shape index (κ2) is 4.22. The van der Waals surface area contributed by atoms with Crippen LogP contribution in [0, 0.1) is 0 Å². The standard InChI is InChI=1S/C13H15NO/c1-2-8-14-13-5-3-4-10-6-7-11(15)9-12(10)13/h3-7,9,14-15H,2,8H2,1H3. The van der Waals surface area contributed by atoms with Gasteiger partial charge in [0.05, 0.1) is 0 Å². The quantitative estimate of drug-likeness (QED) is 0.798. The molecule has 0 saturated heterocycles. The smallest absolute Gasteiger partial charge is 0.116 e. The highest BCUT2D eigenvalue weighted by molar-refractivity contribution is 5.94. The lowest BCUT2D eigenvalue weighted by Gasteiger charge is -2.08. The first-order chi connectivity index (χ1) is 7.31. The van der Waals surface area contributed by atoms with Gasteiger partial charge in [-0.3, -0.25) is 0 Å². The summed E-state index contributed by atoms with van der Waals surface area (Å²) >= 11 is 0. The van der Waals surface area contributed by atoms with Crippen molar-refractivity contribution in [2.75, 3.05) is 11.9 Å². The zero-order valence-corrected chi connectivity index (χ0v) is 8.83. The van der Waals surface area contributed by atoms with Crippen LogP contribution >= 0.6 is 0 Å². The molecule has 0 atom stereocenters. The van der Waals surface area contributed by atoms with Crippen LogP contribution in [0.25, 0.3) is 10.8 Å². The van der Waals surface area contributed by atoms with Crippen molar-refractivity contribution >= 4 is 16.5 Å². The molecule has 0 aromatic heterocycles. The number of phenolic OH excluding ortho intramolecular Hbond substituents is 1. The van der Waals surface area contributed by atoms with Gasteiger partial charge in [0, 0.05) is 17.6 Å². The van der Waals surface area contributed by atoms with E-state index in [4.69, 9.17) is 0 Å². The topological polar surface area (TPSA) is 32.3 Å². The van der Waals surface area contributed by atoms with E-state index in [9.17, 15) is 5.11 Å². The Morgan fingerprint density at radius 2 is 2.07 bits per heavy atom. The summed E-state index contributed by atoms with van der Waals surface area (Å²) in [6.45, 7) is 3.09. The van der Waals surface area contributed by atoms with E-state index < -0.39 is 0 Å². The highest BCUT2D eigenvalue weighted by Gasteiger charge is 2.00. The summed E-state index contributed by atoms with van der Waals surface area (Å²) in [5.41, 5.74) is 1.09. The Hall–Kier alpha value is -1.70. The van der Waals surface area contributed by atoms with Crippen molar-refractivity contribution < 1.29 is 5.11 Å². The Morgan fingerprint density at radius 1 is 1.20 bits per heavy atom. The maximum Gasteiger partial charge on any atom is 0.116 e. The summed E-state index contributed by atoms with van der Waals surface area (Å²) in [6.07, 6.45) is 1.09. The molecule has 78 valence electrons. The van der Waals surface area contributed by atoms with E-state index in [0.717, 1.165) is 29.4 Å². The third-order valence-corrected chi connectivity index (χ3v) is 2.43. The number of hydrogen-bond acceptors (Lipinski definition) is 2. The molecule has 0 fully saturated rings. The number of aromatic hydroxyl groups is 1. The van der Waals surface area contributed by atoms with Gasteiger partial charge >= 0.3 is 0 Å². The largest absolute Gasteiger partial charge is 0.508 e. The van der Waals surface area contributed by atoms with E-state index in [1.165, 1.54) is 0 Å². The van der Waals surface area contributed by atoms with Crippen LogP contribution in [0.15, 0.2) is 36.4 Å². The molecule has 0 unspecified atom stereocenters. The van der Waals surface area contributed by atoms with Crippen LogP contribution in [0.5, 0.6) is 5.75 Å². The normalized spacial score (nSPS) is 10.5. The van der Waals surface area contributed by atoms with E-state index in [1.54, 1.807) is 12.1 Å². The van der Waals surface area contributed by atoms with Crippen molar-refractivity contribution in [1.29, 1.82) is 0 Å². The molecule has 0 saturated carbocycles. The van der Waals surface area contributed by atoms with E-state index in [1.807, 2.05) is 24.3 Å². The Kier molecular flexibility index (Phi) is 2.77. The van der Waals surface area contributed by atoms with Crippen LogP contribution < -0.4 is 5.32 Å². The lowest BCUT2D eigenvalue weighted by atomic mass is 10.1. The number of hydrogen-bond donors (Lipinski definition) is 2. The maximum absolute atomic E-state index is 9.45. The van der Waals surface area contributed by atoms with Crippen molar-refractivity contribution in [3.05, 3.63) is 36.4 Å². The SMILES string of the molecule is CCCNc1cccc2ccc(O)cc12. The molecule has 0 bridgehead atoms. The molecule has 0 aliphatic rings. The third-order valence-electron chi connectivity index (χ3n) is 2.43. The van der Waals surface area contributed by atoms with E-state index >= 15 is 0 Å². The minimum absolute atomic E-state index is 0.313. The Bertz CT molecular complexity index is 465. The van der Waals surface area contributed by atoms with Gasteiger partial charge in [-0.2, -0.15) is 0 Å². The summed E-state index contributed by atoms with van der Waals surface area (Å²) in [6, 6.07) is 11.6. The number of phenols is 1. The minimum Gasteiger partial charge on any atom is -0.508 e. The second-order valence-corrected chi connectivity index (χ2v) is 3.64. The molecule has 2 N–H and O–H groups in total. The molecule has 0 aliphatic carbocycles. The summed E-state index contributed by atoms with van der Waals surface area (Å²) < 4.78 is 0. The van der Waals surface area contributed by atoms with Crippen LogP contribution in [-0.2, 0) is 0 Å². The van der Waals surface area contributed by atoms with E-state index in [0.29, 0.717) is 5.75 Å². The molecule has 2 heteroatoms. The molecular formula is C13H15NO. The van der Waals surface area contributed by atoms with Gasteiger partial charge in [0.15, 0.2) is 0 Å². The lowest BCUT2D eigenvalue weighted by Crippen LogP contribution is -1.99. The van der Waals surface area contributed by atoms with Gasteiger partial charge < -0.3 is 10.4 Å². The van der Waals surface area contributed by atoms with Gasteiger partial charge in [0.2, 0.25) is 0 Å². The fourth-order valence-electron chi connectivity index (χ4n) is 1.67. The Balaban J connectivity index is 2.48. The summed E-state index contributed by atoms with van der Waals surface area (Å²) in [5.74, 6) is 0.313. The van der Waals surface area contributed by atoms with Crippen molar-refractivity contribution in [1.82, 2.24) is 0 Å². The fraction of sp³-hybridized carbons (Fsp3) is 0.231. The highest BCUT2D eigenvalue weighted by atomic mass is 16.3. The minimum atomic E-state index is 0.313. The number of benzene rings is 2. The average molecular weight is 201 g/mol. The van der Waals surface area contributed by atoms with Gasteiger partial charge in [-0.25, -0.2) is 0 Å². The molecule has 0 aliphatic heterocycles. The zero-order valence-electron chi connectivity index (χ0n) is 8.83. The van der Waals surface area contributed by atoms with Crippen LogP contribution in [0.4, 0.5) is 5.69 Å². The summed E-state index contributed by atoms with van der Waals surface area (Å²) in [5, 5.41) is 15.0. The summed E-state index contributed by atoms with van der Waals surface area (Å²) in [4.78, 5) is 0. The first-order valence-corrected chi connectivity index (χ1v) is 5.27. The first kappa shape index (κ1) is 9.84. The number of anilines is 1. The zero-order chi connectivity index (χ0) is 10.7. The van der Waals surface area contributed by atoms with Gasteiger partial charge in [-0.1, -0.05) is 25.1 Å². The lowest BCUT2D eigenvalue weighted by molar-refractivity contribution is 0.476. The van der Waals surface area contributed by atoms with Crippen molar-refractivity contribution in [2.24, 2.45) is 0 Å². The van der Waals surface area contributed by atoms with Crippen molar-refractivity contribution in [3.8, 4) is 5.75 Å². The molecule has 0 radical (unpaired) electrons. The van der Waals surface area contributed by atoms with Crippen LogP contribution in [-0.4, -0.2) is 11.7 Å².